The molecule has 28 heavy (non-hydrogen) atoms. The van der Waals surface area contributed by atoms with Crippen molar-refractivity contribution in [3.05, 3.63) is 71.9 Å². The van der Waals surface area contributed by atoms with Crippen molar-refractivity contribution in [2.75, 3.05) is 36.4 Å². The predicted molar refractivity (Wildman–Crippen MR) is 107 cm³/mol. The van der Waals surface area contributed by atoms with E-state index < -0.39 is 0 Å². The van der Waals surface area contributed by atoms with Gasteiger partial charge < -0.3 is 19.5 Å². The van der Waals surface area contributed by atoms with Gasteiger partial charge in [-0.2, -0.15) is 0 Å². The lowest BCUT2D eigenvalue weighted by atomic mass is 10.2. The van der Waals surface area contributed by atoms with Gasteiger partial charge in [-0.15, -0.1) is 0 Å². The fourth-order valence-electron chi connectivity index (χ4n) is 3.30. The number of rotatable bonds is 5. The van der Waals surface area contributed by atoms with Crippen LogP contribution in [0.2, 0.25) is 0 Å². The normalized spacial score (nSPS) is 14.2. The first-order valence-electron chi connectivity index (χ1n) is 9.39. The lowest BCUT2D eigenvalue weighted by Gasteiger charge is -2.36. The Balaban J connectivity index is 1.36. The molecule has 144 valence electrons. The Morgan fingerprint density at radius 2 is 2.00 bits per heavy atom. The Morgan fingerprint density at radius 1 is 1.14 bits per heavy atom. The van der Waals surface area contributed by atoms with Gasteiger partial charge in [-0.3, -0.25) is 4.79 Å². The number of nitrogens with one attached hydrogen (secondary N) is 1. The van der Waals surface area contributed by atoms with Crippen molar-refractivity contribution < 1.29 is 9.21 Å². The number of benzene rings is 1. The fourth-order valence-corrected chi connectivity index (χ4v) is 3.30. The molecule has 1 aromatic carbocycles. The summed E-state index contributed by atoms with van der Waals surface area (Å²) in [7, 11) is 0. The summed E-state index contributed by atoms with van der Waals surface area (Å²) in [6.45, 7) is 5.53. The molecule has 3 heterocycles. The van der Waals surface area contributed by atoms with Crippen molar-refractivity contribution in [1.82, 2.24) is 14.9 Å². The predicted octanol–water partition coefficient (Wildman–Crippen LogP) is 2.95. The topological polar surface area (TPSA) is 74.5 Å². The fraction of sp³-hybridized carbons (Fsp3) is 0.286. The van der Waals surface area contributed by atoms with E-state index in [-0.39, 0.29) is 5.91 Å². The van der Waals surface area contributed by atoms with Crippen molar-refractivity contribution in [2.45, 2.75) is 13.5 Å². The van der Waals surface area contributed by atoms with Crippen LogP contribution in [-0.4, -0.2) is 47.0 Å². The molecule has 0 bridgehead atoms. The number of carbonyl (C=O) groups is 1. The maximum Gasteiger partial charge on any atom is 0.272 e. The van der Waals surface area contributed by atoms with Crippen molar-refractivity contribution in [1.29, 1.82) is 0 Å². The third-order valence-electron chi connectivity index (χ3n) is 4.81. The van der Waals surface area contributed by atoms with Gasteiger partial charge in [-0.1, -0.05) is 12.1 Å². The van der Waals surface area contributed by atoms with Gasteiger partial charge in [0, 0.05) is 38.1 Å². The van der Waals surface area contributed by atoms with Crippen LogP contribution in [-0.2, 0) is 6.54 Å². The van der Waals surface area contributed by atoms with E-state index in [2.05, 4.69) is 51.4 Å². The first kappa shape index (κ1) is 18.0. The van der Waals surface area contributed by atoms with Gasteiger partial charge in [0.15, 0.2) is 0 Å². The highest BCUT2D eigenvalue weighted by Gasteiger charge is 2.23. The van der Waals surface area contributed by atoms with E-state index in [0.717, 1.165) is 18.8 Å². The third-order valence-corrected chi connectivity index (χ3v) is 4.81. The molecule has 0 saturated carbocycles. The molecule has 2 aromatic heterocycles. The molecular weight excluding hydrogens is 354 g/mol. The van der Waals surface area contributed by atoms with E-state index in [1.807, 2.05) is 17.0 Å². The molecule has 1 amide bonds. The highest BCUT2D eigenvalue weighted by molar-refractivity contribution is 5.92. The first-order valence-corrected chi connectivity index (χ1v) is 9.39. The smallest absolute Gasteiger partial charge is 0.272 e. The van der Waals surface area contributed by atoms with Gasteiger partial charge in [0.2, 0.25) is 5.95 Å². The Labute approximate surface area is 164 Å². The molecule has 0 radical (unpaired) electrons. The van der Waals surface area contributed by atoms with Gasteiger partial charge in [0.1, 0.15) is 11.5 Å². The van der Waals surface area contributed by atoms with E-state index in [1.165, 1.54) is 11.3 Å². The van der Waals surface area contributed by atoms with Crippen LogP contribution in [0.5, 0.6) is 0 Å². The van der Waals surface area contributed by atoms with Crippen LogP contribution >= 0.6 is 0 Å². The van der Waals surface area contributed by atoms with Gasteiger partial charge in [0.05, 0.1) is 12.8 Å². The van der Waals surface area contributed by atoms with E-state index in [1.54, 1.807) is 18.5 Å². The molecule has 3 aromatic rings. The number of nitrogens with zero attached hydrogens (tertiary/aromatic N) is 4. The highest BCUT2D eigenvalue weighted by Crippen LogP contribution is 2.18. The minimum Gasteiger partial charge on any atom is -0.467 e. The van der Waals surface area contributed by atoms with Gasteiger partial charge in [0.25, 0.3) is 5.91 Å². The average Bonchev–Trinajstić information content (AvgIpc) is 3.26. The van der Waals surface area contributed by atoms with Crippen molar-refractivity contribution in [3.63, 3.8) is 0 Å². The monoisotopic (exact) mass is 377 g/mol. The summed E-state index contributed by atoms with van der Waals surface area (Å²) in [6, 6.07) is 13.8. The molecule has 0 spiro atoms. The molecule has 1 aliphatic rings. The zero-order valence-electron chi connectivity index (χ0n) is 15.8. The van der Waals surface area contributed by atoms with Gasteiger partial charge in [-0.25, -0.2) is 9.97 Å². The number of aromatic nitrogens is 2. The van der Waals surface area contributed by atoms with Crippen LogP contribution in [0.15, 0.2) is 59.3 Å². The van der Waals surface area contributed by atoms with E-state index in [4.69, 9.17) is 4.42 Å². The van der Waals surface area contributed by atoms with Crippen molar-refractivity contribution in [2.24, 2.45) is 0 Å². The van der Waals surface area contributed by atoms with Crippen LogP contribution in [0.3, 0.4) is 0 Å². The Kier molecular flexibility index (Phi) is 5.23. The molecule has 1 fully saturated rings. The first-order chi connectivity index (χ1) is 13.7. The summed E-state index contributed by atoms with van der Waals surface area (Å²) >= 11 is 0. The second kappa shape index (κ2) is 8.12. The maximum absolute atomic E-state index is 12.9. The molecule has 7 heteroatoms. The Morgan fingerprint density at radius 3 is 2.75 bits per heavy atom. The van der Waals surface area contributed by atoms with E-state index >= 15 is 0 Å². The Hall–Kier alpha value is -3.35. The zero-order valence-corrected chi connectivity index (χ0v) is 15.8. The van der Waals surface area contributed by atoms with E-state index in [0.29, 0.717) is 31.3 Å². The number of aryl methyl sites for hydroxylation is 1. The summed E-state index contributed by atoms with van der Waals surface area (Å²) in [5.41, 5.74) is 2.85. The number of furan rings is 1. The lowest BCUT2D eigenvalue weighted by Crippen LogP contribution is -2.49. The number of hydrogen-bond donors (Lipinski definition) is 1. The standard InChI is InChI=1S/C21H23N5O2/c1-16-4-2-5-17(14-16)25-9-11-26(12-10-25)20(27)19-7-8-22-21(24-19)23-15-18-6-3-13-28-18/h2-8,13-14H,9-12,15H2,1H3,(H,22,23,24). The Bertz CT molecular complexity index is 933. The minimum absolute atomic E-state index is 0.0626. The lowest BCUT2D eigenvalue weighted by molar-refractivity contribution is 0.0741. The number of piperazine rings is 1. The molecule has 7 nitrogen and oxygen atoms in total. The molecule has 0 aliphatic carbocycles. The summed E-state index contributed by atoms with van der Waals surface area (Å²) in [4.78, 5) is 25.6. The van der Waals surface area contributed by atoms with Crippen LogP contribution < -0.4 is 10.2 Å². The van der Waals surface area contributed by atoms with Crippen molar-refractivity contribution >= 4 is 17.5 Å². The van der Waals surface area contributed by atoms with Crippen LogP contribution in [0.25, 0.3) is 0 Å². The summed E-state index contributed by atoms with van der Waals surface area (Å²) in [5, 5.41) is 3.08. The second-order valence-corrected chi connectivity index (χ2v) is 6.82. The molecular formula is C21H23N5O2. The minimum atomic E-state index is -0.0626. The number of anilines is 2. The molecule has 0 unspecified atom stereocenters. The average molecular weight is 377 g/mol. The quantitative estimate of drug-likeness (QED) is 0.737. The van der Waals surface area contributed by atoms with Gasteiger partial charge >= 0.3 is 0 Å². The zero-order chi connectivity index (χ0) is 19.3. The SMILES string of the molecule is Cc1cccc(N2CCN(C(=O)c3ccnc(NCc4ccco4)n3)CC2)c1. The third kappa shape index (κ3) is 4.14. The molecule has 1 aliphatic heterocycles. The number of carbonyl (C=O) groups excluding carboxylic acids is 1. The summed E-state index contributed by atoms with van der Waals surface area (Å²) in [6.07, 6.45) is 3.22. The summed E-state index contributed by atoms with van der Waals surface area (Å²) < 4.78 is 5.28. The largest absolute Gasteiger partial charge is 0.467 e. The van der Waals surface area contributed by atoms with Crippen LogP contribution in [0.4, 0.5) is 11.6 Å². The molecule has 1 N–H and O–H groups in total. The molecule has 1 saturated heterocycles. The number of hydrogen-bond acceptors (Lipinski definition) is 6. The number of amides is 1. The van der Waals surface area contributed by atoms with Gasteiger partial charge in [-0.05, 0) is 42.8 Å². The highest BCUT2D eigenvalue weighted by atomic mass is 16.3. The van der Waals surface area contributed by atoms with Crippen LogP contribution in [0, 0.1) is 6.92 Å². The second-order valence-electron chi connectivity index (χ2n) is 6.82. The summed E-state index contributed by atoms with van der Waals surface area (Å²) in [5.74, 6) is 1.14. The molecule has 0 atom stereocenters. The van der Waals surface area contributed by atoms with Crippen molar-refractivity contribution in [3.8, 4) is 0 Å². The van der Waals surface area contributed by atoms with Crippen LogP contribution in [0.1, 0.15) is 21.8 Å². The maximum atomic E-state index is 12.9. The van der Waals surface area contributed by atoms with E-state index in [9.17, 15) is 4.79 Å². The molecule has 4 rings (SSSR count).